The van der Waals surface area contributed by atoms with E-state index in [2.05, 4.69) is 80.8 Å². The van der Waals surface area contributed by atoms with Crippen molar-refractivity contribution < 1.29 is 0 Å². The summed E-state index contributed by atoms with van der Waals surface area (Å²) in [5.41, 5.74) is 0. The Labute approximate surface area is 100 Å². The molecule has 2 rings (SSSR count). The van der Waals surface area contributed by atoms with Crippen molar-refractivity contribution in [1.29, 1.82) is 0 Å². The van der Waals surface area contributed by atoms with Gasteiger partial charge in [-0.25, -0.2) is 0 Å². The van der Waals surface area contributed by atoms with E-state index in [-0.39, 0.29) is 0 Å². The summed E-state index contributed by atoms with van der Waals surface area (Å²) in [7, 11) is 0. The van der Waals surface area contributed by atoms with E-state index in [0.29, 0.717) is 0 Å². The average Bonchev–Trinajstić information content (AvgIpc) is 2.30. The van der Waals surface area contributed by atoms with Crippen LogP contribution in [0, 0.1) is 0 Å². The number of hydrogen-bond donors (Lipinski definition) is 0. The van der Waals surface area contributed by atoms with Crippen LogP contribution < -0.4 is 8.70 Å². The van der Waals surface area contributed by atoms with Crippen LogP contribution in [0.5, 0.6) is 0 Å². The zero-order valence-corrected chi connectivity index (χ0v) is 11.6. The molecule has 0 bridgehead atoms. The van der Waals surface area contributed by atoms with Gasteiger partial charge in [-0.2, -0.15) is 0 Å². The number of halogens is 1. The molecule has 0 aliphatic carbocycles. The quantitative estimate of drug-likeness (QED) is 0.572. The molecule has 0 nitrogen and oxygen atoms in total. The summed E-state index contributed by atoms with van der Waals surface area (Å²) in [6.45, 7) is 0. The van der Waals surface area contributed by atoms with Crippen LogP contribution in [0.2, 0.25) is 0 Å². The topological polar surface area (TPSA) is 0 Å². The normalized spacial score (nSPS) is 10.4. The van der Waals surface area contributed by atoms with Gasteiger partial charge in [0, 0.05) is 0 Å². The first kappa shape index (κ1) is 10.3. The molecule has 0 saturated carbocycles. The monoisotopic (exact) mass is 356 g/mol. The Balaban J connectivity index is 2.30. The molecule has 0 fully saturated rings. The van der Waals surface area contributed by atoms with Crippen molar-refractivity contribution in [3.8, 4) is 0 Å². The van der Waals surface area contributed by atoms with Gasteiger partial charge in [0.1, 0.15) is 0 Å². The van der Waals surface area contributed by atoms with Gasteiger partial charge in [0.15, 0.2) is 0 Å². The Morgan fingerprint density at radius 1 is 0.643 bits per heavy atom. The van der Waals surface area contributed by atoms with Gasteiger partial charge in [0.2, 0.25) is 0 Å². The molecule has 2 aromatic rings. The fourth-order valence-electron chi connectivity index (χ4n) is 1.27. The molecule has 2 aromatic carbocycles. The zero-order valence-electron chi connectivity index (χ0n) is 7.60. The van der Waals surface area contributed by atoms with Gasteiger partial charge in [-0.05, 0) is 0 Å². The number of benzene rings is 2. The first-order chi connectivity index (χ1) is 6.88. The summed E-state index contributed by atoms with van der Waals surface area (Å²) in [5, 5.41) is 0. The molecule has 0 N–H and O–H groups in total. The molecule has 0 saturated heterocycles. The third-order valence-corrected chi connectivity index (χ3v) is 10.9. The van der Waals surface area contributed by atoms with Gasteiger partial charge in [-0.1, -0.05) is 0 Å². The van der Waals surface area contributed by atoms with E-state index in [9.17, 15) is 0 Å². The van der Waals surface area contributed by atoms with Gasteiger partial charge < -0.3 is 0 Å². The predicted octanol–water partition coefficient (Wildman–Crippen LogP) is 2.23. The molecular formula is C12H10AsI. The third-order valence-electron chi connectivity index (χ3n) is 1.97. The van der Waals surface area contributed by atoms with E-state index < -0.39 is 11.3 Å². The Kier molecular flexibility index (Phi) is 3.66. The third kappa shape index (κ3) is 2.40. The van der Waals surface area contributed by atoms with Crippen molar-refractivity contribution in [3.63, 3.8) is 0 Å². The molecule has 70 valence electrons. The molecule has 2 heteroatoms. The van der Waals surface area contributed by atoms with Gasteiger partial charge in [0.25, 0.3) is 0 Å². The molecular weight excluding hydrogens is 346 g/mol. The minimum atomic E-state index is -1.02. The Hall–Kier alpha value is -0.272. The Bertz CT molecular complexity index is 346. The van der Waals surface area contributed by atoms with Crippen molar-refractivity contribution >= 4 is 40.1 Å². The van der Waals surface area contributed by atoms with E-state index in [4.69, 9.17) is 0 Å². The molecule has 0 aromatic heterocycles. The van der Waals surface area contributed by atoms with E-state index in [0.717, 1.165) is 0 Å². The van der Waals surface area contributed by atoms with Gasteiger partial charge in [-0.3, -0.25) is 0 Å². The van der Waals surface area contributed by atoms with Crippen LogP contribution in [-0.2, 0) is 0 Å². The zero-order chi connectivity index (χ0) is 9.80. The van der Waals surface area contributed by atoms with Gasteiger partial charge in [0.05, 0.1) is 0 Å². The summed E-state index contributed by atoms with van der Waals surface area (Å²) in [6.07, 6.45) is 0. The van der Waals surface area contributed by atoms with Crippen molar-refractivity contribution in [2.75, 3.05) is 0 Å². The summed E-state index contributed by atoms with van der Waals surface area (Å²) in [5.74, 6) is 0. The van der Waals surface area contributed by atoms with Crippen LogP contribution in [0.25, 0.3) is 0 Å². The van der Waals surface area contributed by atoms with Crippen LogP contribution in [0.1, 0.15) is 0 Å². The molecule has 0 spiro atoms. The average molecular weight is 356 g/mol. The fraction of sp³-hybridized carbons (Fsp3) is 0. The van der Waals surface area contributed by atoms with Crippen LogP contribution in [0.15, 0.2) is 60.7 Å². The molecule has 0 amide bonds. The maximum atomic E-state index is 2.62. The van der Waals surface area contributed by atoms with Crippen LogP contribution in [-0.4, -0.2) is 11.3 Å². The molecule has 0 heterocycles. The van der Waals surface area contributed by atoms with Crippen molar-refractivity contribution in [2.45, 2.75) is 0 Å². The summed E-state index contributed by atoms with van der Waals surface area (Å²) in [6, 6.07) is 21.6. The van der Waals surface area contributed by atoms with Crippen LogP contribution in [0.4, 0.5) is 0 Å². The standard InChI is InChI=1S/C12H10AsI/c14-13(11-7-3-1-4-8-11)12-9-5-2-6-10-12/h1-10H. The van der Waals surface area contributed by atoms with E-state index >= 15 is 0 Å². The Morgan fingerprint density at radius 2 is 1.00 bits per heavy atom. The summed E-state index contributed by atoms with van der Waals surface area (Å²) >= 11 is 1.60. The Morgan fingerprint density at radius 3 is 1.36 bits per heavy atom. The van der Waals surface area contributed by atoms with Crippen LogP contribution in [0.3, 0.4) is 0 Å². The van der Waals surface area contributed by atoms with Gasteiger partial charge >= 0.3 is 101 Å². The molecule has 14 heavy (non-hydrogen) atoms. The van der Waals surface area contributed by atoms with Crippen molar-refractivity contribution in [2.24, 2.45) is 0 Å². The summed E-state index contributed by atoms with van der Waals surface area (Å²) in [4.78, 5) is 0. The van der Waals surface area contributed by atoms with Gasteiger partial charge in [-0.15, -0.1) is 0 Å². The first-order valence-corrected chi connectivity index (χ1v) is 12.0. The maximum absolute atomic E-state index is 2.62. The molecule has 0 aliphatic heterocycles. The van der Waals surface area contributed by atoms with E-state index in [1.54, 1.807) is 0 Å². The van der Waals surface area contributed by atoms with E-state index in [1.165, 1.54) is 8.70 Å². The van der Waals surface area contributed by atoms with E-state index in [1.807, 2.05) is 0 Å². The fourth-order valence-corrected chi connectivity index (χ4v) is 7.06. The van der Waals surface area contributed by atoms with Crippen LogP contribution >= 0.6 is 20.1 Å². The van der Waals surface area contributed by atoms with Crippen molar-refractivity contribution in [3.05, 3.63) is 60.7 Å². The SMILES string of the molecule is I[As](c1ccccc1)c1ccccc1. The van der Waals surface area contributed by atoms with Crippen molar-refractivity contribution in [1.82, 2.24) is 0 Å². The second-order valence-electron chi connectivity index (χ2n) is 2.95. The second-order valence-corrected chi connectivity index (χ2v) is 11.3. The molecule has 0 unspecified atom stereocenters. The number of rotatable bonds is 2. The number of hydrogen-bond acceptors (Lipinski definition) is 0. The minimum absolute atomic E-state index is 1.02. The first-order valence-electron chi connectivity index (χ1n) is 4.44. The molecule has 0 aliphatic rings. The summed E-state index contributed by atoms with van der Waals surface area (Å²) < 4.78 is 3.01. The molecule has 0 radical (unpaired) electrons. The second kappa shape index (κ2) is 4.99. The predicted molar refractivity (Wildman–Crippen MR) is 71.9 cm³/mol. The molecule has 0 atom stereocenters.